The molecular formula is C16H18F3N3O2. The van der Waals surface area contributed by atoms with E-state index in [0.717, 1.165) is 11.8 Å². The molecule has 0 fully saturated rings. The molecule has 0 aliphatic heterocycles. The number of aromatic nitrogens is 1. The lowest BCUT2D eigenvalue weighted by atomic mass is 10.2. The van der Waals surface area contributed by atoms with Crippen LogP contribution in [0.5, 0.6) is 5.75 Å². The van der Waals surface area contributed by atoms with E-state index in [1.165, 1.54) is 12.1 Å². The third-order valence-corrected chi connectivity index (χ3v) is 3.31. The third kappa shape index (κ3) is 5.02. The average molecular weight is 341 g/mol. The first-order valence-corrected chi connectivity index (χ1v) is 7.24. The van der Waals surface area contributed by atoms with Crippen molar-refractivity contribution in [3.8, 4) is 5.75 Å². The molecule has 0 spiro atoms. The highest BCUT2D eigenvalue weighted by Crippen LogP contribution is 2.21. The lowest BCUT2D eigenvalue weighted by Gasteiger charge is -2.17. The first kappa shape index (κ1) is 17.9. The monoisotopic (exact) mass is 341 g/mol. The van der Waals surface area contributed by atoms with Crippen molar-refractivity contribution in [3.05, 3.63) is 47.9 Å². The highest BCUT2D eigenvalue weighted by Gasteiger charge is 2.10. The molecule has 0 aliphatic carbocycles. The normalized spacial score (nSPS) is 10.8. The number of aliphatic hydroxyl groups is 1. The van der Waals surface area contributed by atoms with Gasteiger partial charge in [-0.1, -0.05) is 6.07 Å². The van der Waals surface area contributed by atoms with Crippen molar-refractivity contribution in [1.29, 1.82) is 0 Å². The molecule has 130 valence electrons. The number of anilines is 2. The molecule has 1 heterocycles. The Morgan fingerprint density at radius 1 is 1.29 bits per heavy atom. The van der Waals surface area contributed by atoms with Gasteiger partial charge in [0.25, 0.3) is 0 Å². The summed E-state index contributed by atoms with van der Waals surface area (Å²) in [7, 11) is 1.84. The predicted molar refractivity (Wildman–Crippen MR) is 85.0 cm³/mol. The van der Waals surface area contributed by atoms with Crippen LogP contribution in [0, 0.1) is 5.82 Å². The smallest absolute Gasteiger partial charge is 0.387 e. The maximum absolute atomic E-state index is 13.6. The number of nitrogens with one attached hydrogen (secondary N) is 1. The number of rotatable bonds is 8. The fourth-order valence-corrected chi connectivity index (χ4v) is 2.03. The quantitative estimate of drug-likeness (QED) is 0.773. The van der Waals surface area contributed by atoms with E-state index in [4.69, 9.17) is 5.11 Å². The molecule has 0 saturated heterocycles. The van der Waals surface area contributed by atoms with Crippen LogP contribution in [0.25, 0.3) is 0 Å². The summed E-state index contributed by atoms with van der Waals surface area (Å²) >= 11 is 0. The molecule has 0 saturated carbocycles. The van der Waals surface area contributed by atoms with Gasteiger partial charge in [-0.15, -0.1) is 0 Å². The Kier molecular flexibility index (Phi) is 6.25. The molecular weight excluding hydrogens is 323 g/mol. The minimum absolute atomic E-state index is 0.0489. The number of likely N-dealkylation sites (N-methyl/N-ethyl adjacent to an activating group) is 1. The zero-order valence-electron chi connectivity index (χ0n) is 13.0. The van der Waals surface area contributed by atoms with Crippen LogP contribution in [-0.4, -0.2) is 36.9 Å². The summed E-state index contributed by atoms with van der Waals surface area (Å²) in [5, 5.41) is 11.9. The van der Waals surface area contributed by atoms with E-state index in [9.17, 15) is 13.2 Å². The van der Waals surface area contributed by atoms with Gasteiger partial charge in [0.1, 0.15) is 5.82 Å². The molecule has 24 heavy (non-hydrogen) atoms. The Morgan fingerprint density at radius 2 is 2.08 bits per heavy atom. The molecule has 8 heteroatoms. The highest BCUT2D eigenvalue weighted by molar-refractivity contribution is 5.49. The molecule has 0 radical (unpaired) electrons. The second kappa shape index (κ2) is 8.39. The SMILES string of the molecule is CN(CCO)c1ccc(NCc2ccc(OC(F)F)c(F)c2)nc1. The van der Waals surface area contributed by atoms with Gasteiger partial charge in [0.15, 0.2) is 11.6 Å². The van der Waals surface area contributed by atoms with Crippen molar-refractivity contribution in [2.75, 3.05) is 30.4 Å². The minimum Gasteiger partial charge on any atom is -0.432 e. The van der Waals surface area contributed by atoms with Crippen molar-refractivity contribution in [1.82, 2.24) is 4.98 Å². The molecule has 0 unspecified atom stereocenters. The van der Waals surface area contributed by atoms with E-state index in [0.29, 0.717) is 17.9 Å². The van der Waals surface area contributed by atoms with Gasteiger partial charge in [0.05, 0.1) is 18.5 Å². The van der Waals surface area contributed by atoms with Crippen LogP contribution in [-0.2, 0) is 6.54 Å². The molecule has 0 bridgehead atoms. The molecule has 0 atom stereocenters. The van der Waals surface area contributed by atoms with Crippen LogP contribution < -0.4 is 15.0 Å². The summed E-state index contributed by atoms with van der Waals surface area (Å²) in [4.78, 5) is 6.08. The summed E-state index contributed by atoms with van der Waals surface area (Å²) in [6.07, 6.45) is 1.65. The van der Waals surface area contributed by atoms with Gasteiger partial charge in [-0.25, -0.2) is 9.37 Å². The molecule has 1 aromatic heterocycles. The number of hydrogen-bond donors (Lipinski definition) is 2. The van der Waals surface area contributed by atoms with Crippen LogP contribution in [0.3, 0.4) is 0 Å². The second-order valence-electron chi connectivity index (χ2n) is 5.04. The number of benzene rings is 1. The maximum atomic E-state index is 13.6. The summed E-state index contributed by atoms with van der Waals surface area (Å²) in [6, 6.07) is 7.39. The highest BCUT2D eigenvalue weighted by atomic mass is 19.3. The Bertz CT molecular complexity index is 654. The molecule has 2 rings (SSSR count). The molecule has 0 aliphatic rings. The Labute approximate surface area is 137 Å². The van der Waals surface area contributed by atoms with Gasteiger partial charge in [0.2, 0.25) is 0 Å². The number of nitrogens with zero attached hydrogens (tertiary/aromatic N) is 2. The van der Waals surface area contributed by atoms with Gasteiger partial charge in [-0.3, -0.25) is 0 Å². The molecule has 5 nitrogen and oxygen atoms in total. The lowest BCUT2D eigenvalue weighted by molar-refractivity contribution is -0.0522. The van der Waals surface area contributed by atoms with Gasteiger partial charge in [-0.2, -0.15) is 8.78 Å². The van der Waals surface area contributed by atoms with Gasteiger partial charge >= 0.3 is 6.61 Å². The zero-order valence-corrected chi connectivity index (χ0v) is 13.0. The summed E-state index contributed by atoms with van der Waals surface area (Å²) in [5.74, 6) is -0.740. The summed E-state index contributed by atoms with van der Waals surface area (Å²) in [6.45, 7) is -2.23. The topological polar surface area (TPSA) is 57.6 Å². The average Bonchev–Trinajstić information content (AvgIpc) is 2.55. The second-order valence-corrected chi connectivity index (χ2v) is 5.04. The van der Waals surface area contributed by atoms with Gasteiger partial charge in [-0.05, 0) is 29.8 Å². The van der Waals surface area contributed by atoms with E-state index in [1.54, 1.807) is 12.3 Å². The maximum Gasteiger partial charge on any atom is 0.387 e. The van der Waals surface area contributed by atoms with Crippen LogP contribution >= 0.6 is 0 Å². The Hall–Kier alpha value is -2.48. The summed E-state index contributed by atoms with van der Waals surface area (Å²) < 4.78 is 41.8. The van der Waals surface area contributed by atoms with Crippen molar-refractivity contribution in [2.45, 2.75) is 13.2 Å². The van der Waals surface area contributed by atoms with Crippen molar-refractivity contribution < 1.29 is 23.0 Å². The summed E-state index contributed by atoms with van der Waals surface area (Å²) in [5.41, 5.74) is 1.42. The van der Waals surface area contributed by atoms with Crippen molar-refractivity contribution >= 4 is 11.5 Å². The van der Waals surface area contributed by atoms with E-state index in [2.05, 4.69) is 15.0 Å². The van der Waals surface area contributed by atoms with E-state index >= 15 is 0 Å². The molecule has 2 aromatic rings. The van der Waals surface area contributed by atoms with Crippen LogP contribution in [0.2, 0.25) is 0 Å². The van der Waals surface area contributed by atoms with E-state index in [-0.39, 0.29) is 13.2 Å². The fourth-order valence-electron chi connectivity index (χ4n) is 2.03. The third-order valence-electron chi connectivity index (χ3n) is 3.31. The fraction of sp³-hybridized carbons (Fsp3) is 0.312. The number of halogens is 3. The van der Waals surface area contributed by atoms with Crippen LogP contribution in [0.4, 0.5) is 24.7 Å². The van der Waals surface area contributed by atoms with E-state index in [1.807, 2.05) is 18.0 Å². The first-order chi connectivity index (χ1) is 11.5. The van der Waals surface area contributed by atoms with Gasteiger partial charge < -0.3 is 20.1 Å². The largest absolute Gasteiger partial charge is 0.432 e. The molecule has 2 N–H and O–H groups in total. The number of ether oxygens (including phenoxy) is 1. The zero-order chi connectivity index (χ0) is 17.5. The Balaban J connectivity index is 1.94. The number of hydrogen-bond acceptors (Lipinski definition) is 5. The lowest BCUT2D eigenvalue weighted by Crippen LogP contribution is -2.21. The number of alkyl halides is 2. The van der Waals surface area contributed by atoms with Crippen LogP contribution in [0.1, 0.15) is 5.56 Å². The first-order valence-electron chi connectivity index (χ1n) is 7.24. The molecule has 0 amide bonds. The number of pyridine rings is 1. The minimum atomic E-state index is -3.06. The van der Waals surface area contributed by atoms with Crippen molar-refractivity contribution in [2.24, 2.45) is 0 Å². The number of aliphatic hydroxyl groups excluding tert-OH is 1. The standard InChI is InChI=1S/C16H18F3N3O2/c1-22(6-7-23)12-3-5-15(21-10-12)20-9-11-2-4-14(13(17)8-11)24-16(18)19/h2-5,8,10,16,23H,6-7,9H2,1H3,(H,20,21). The van der Waals surface area contributed by atoms with Crippen molar-refractivity contribution in [3.63, 3.8) is 0 Å². The predicted octanol–water partition coefficient (Wildman–Crippen LogP) is 2.86. The Morgan fingerprint density at radius 3 is 2.67 bits per heavy atom. The van der Waals surface area contributed by atoms with Gasteiger partial charge in [0, 0.05) is 20.1 Å². The molecule has 1 aromatic carbocycles. The van der Waals surface area contributed by atoms with E-state index < -0.39 is 18.2 Å². The van der Waals surface area contributed by atoms with Crippen LogP contribution in [0.15, 0.2) is 36.5 Å².